The van der Waals surface area contributed by atoms with Crippen molar-refractivity contribution in [3.63, 3.8) is 0 Å². The van der Waals surface area contributed by atoms with Crippen LogP contribution in [0.5, 0.6) is 0 Å². The first kappa shape index (κ1) is 13.4. The summed E-state index contributed by atoms with van der Waals surface area (Å²) in [5.41, 5.74) is -0.294. The zero-order valence-electron chi connectivity index (χ0n) is 11.9. The lowest BCUT2D eigenvalue weighted by atomic mass is 9.88. The summed E-state index contributed by atoms with van der Waals surface area (Å²) in [4.78, 5) is 15.2. The first-order chi connectivity index (χ1) is 9.16. The molecule has 2 N–H and O–H groups in total. The Labute approximate surface area is 115 Å². The quantitative estimate of drug-likeness (QED) is 0.812. The van der Waals surface area contributed by atoms with Gasteiger partial charge in [-0.3, -0.25) is 4.79 Å². The number of carbonyl (C=O) groups excluding carboxylic acids is 1. The van der Waals surface area contributed by atoms with Crippen LogP contribution < -0.4 is 5.32 Å². The number of amides is 1. The molecule has 4 heteroatoms. The van der Waals surface area contributed by atoms with Gasteiger partial charge in [-0.2, -0.15) is 0 Å². The minimum atomic E-state index is -0.294. The minimum absolute atomic E-state index is 0.194. The van der Waals surface area contributed by atoms with E-state index in [0.717, 1.165) is 57.9 Å². The van der Waals surface area contributed by atoms with E-state index >= 15 is 0 Å². The Hall–Kier alpha value is -0.610. The molecule has 3 saturated heterocycles. The number of rotatable bonds is 3. The van der Waals surface area contributed by atoms with Gasteiger partial charge in [-0.1, -0.05) is 13.3 Å². The van der Waals surface area contributed by atoms with Gasteiger partial charge in [0.2, 0.25) is 5.91 Å². The van der Waals surface area contributed by atoms with Crippen molar-refractivity contribution in [1.82, 2.24) is 10.2 Å². The lowest BCUT2D eigenvalue weighted by Gasteiger charge is -2.42. The van der Waals surface area contributed by atoms with Crippen molar-refractivity contribution in [2.45, 2.75) is 82.0 Å². The summed E-state index contributed by atoms with van der Waals surface area (Å²) >= 11 is 0. The molecule has 3 aliphatic rings. The molecule has 3 atom stereocenters. The van der Waals surface area contributed by atoms with E-state index < -0.39 is 0 Å². The smallest absolute Gasteiger partial charge is 0.243 e. The molecule has 0 aliphatic carbocycles. The van der Waals surface area contributed by atoms with E-state index in [-0.39, 0.29) is 23.7 Å². The number of nitrogens with one attached hydrogen (secondary N) is 1. The van der Waals surface area contributed by atoms with Gasteiger partial charge < -0.3 is 15.3 Å². The van der Waals surface area contributed by atoms with Crippen LogP contribution in [0.25, 0.3) is 0 Å². The fourth-order valence-electron chi connectivity index (χ4n) is 4.46. The molecule has 0 spiro atoms. The molecule has 2 bridgehead atoms. The molecule has 1 amide bonds. The second-order valence-electron chi connectivity index (χ2n) is 6.59. The predicted octanol–water partition coefficient (Wildman–Crippen LogP) is 1.42. The van der Waals surface area contributed by atoms with Crippen LogP contribution >= 0.6 is 0 Å². The number of hydrogen-bond acceptors (Lipinski definition) is 3. The number of aliphatic hydroxyl groups excluding tert-OH is 1. The summed E-state index contributed by atoms with van der Waals surface area (Å²) in [6.45, 7) is 3.13. The Morgan fingerprint density at radius 2 is 2.05 bits per heavy atom. The van der Waals surface area contributed by atoms with Crippen molar-refractivity contribution in [3.8, 4) is 0 Å². The number of piperidine rings is 1. The third kappa shape index (κ3) is 2.19. The maximum absolute atomic E-state index is 13.1. The number of aliphatic hydroxyl groups is 1. The standard InChI is InChI=1S/C15H26N2O2/c1-2-6-15(7-3-8-16-15)14(19)17-11-4-5-12(17)10-13(18)9-11/h11-13,16,18H,2-10H2,1H3. The topological polar surface area (TPSA) is 52.6 Å². The van der Waals surface area contributed by atoms with E-state index in [9.17, 15) is 9.90 Å². The molecule has 3 fully saturated rings. The van der Waals surface area contributed by atoms with Crippen LogP contribution in [0.4, 0.5) is 0 Å². The molecule has 0 aromatic carbocycles. The molecule has 19 heavy (non-hydrogen) atoms. The summed E-state index contributed by atoms with van der Waals surface area (Å²) in [6.07, 6.45) is 7.62. The Bertz CT molecular complexity index is 338. The van der Waals surface area contributed by atoms with Crippen LogP contribution in [0.15, 0.2) is 0 Å². The molecular formula is C15H26N2O2. The molecule has 0 saturated carbocycles. The maximum Gasteiger partial charge on any atom is 0.243 e. The molecule has 3 rings (SSSR count). The number of hydrogen-bond donors (Lipinski definition) is 2. The monoisotopic (exact) mass is 266 g/mol. The van der Waals surface area contributed by atoms with Gasteiger partial charge >= 0.3 is 0 Å². The van der Waals surface area contributed by atoms with E-state index in [2.05, 4.69) is 17.1 Å². The molecule has 3 aliphatic heterocycles. The second kappa shape index (κ2) is 5.06. The van der Waals surface area contributed by atoms with Gasteiger partial charge in [0.1, 0.15) is 0 Å². The van der Waals surface area contributed by atoms with Crippen molar-refractivity contribution >= 4 is 5.91 Å². The van der Waals surface area contributed by atoms with Crippen molar-refractivity contribution in [2.75, 3.05) is 6.54 Å². The number of fused-ring (bicyclic) bond motifs is 2. The van der Waals surface area contributed by atoms with Gasteiger partial charge in [0.25, 0.3) is 0 Å². The SMILES string of the molecule is CCCC1(C(=O)N2C3CCC2CC(O)C3)CCCN1. The zero-order chi connectivity index (χ0) is 13.5. The van der Waals surface area contributed by atoms with Gasteiger partial charge in [-0.05, 0) is 51.5 Å². The van der Waals surface area contributed by atoms with Crippen LogP contribution in [0.1, 0.15) is 58.3 Å². The highest BCUT2D eigenvalue weighted by Crippen LogP contribution is 2.39. The van der Waals surface area contributed by atoms with Crippen LogP contribution in [0.2, 0.25) is 0 Å². The molecule has 4 nitrogen and oxygen atoms in total. The van der Waals surface area contributed by atoms with Crippen LogP contribution in [-0.4, -0.2) is 46.2 Å². The van der Waals surface area contributed by atoms with Gasteiger partial charge in [-0.25, -0.2) is 0 Å². The largest absolute Gasteiger partial charge is 0.393 e. The van der Waals surface area contributed by atoms with E-state index in [1.165, 1.54) is 0 Å². The fourth-order valence-corrected chi connectivity index (χ4v) is 4.46. The van der Waals surface area contributed by atoms with Gasteiger partial charge in [-0.15, -0.1) is 0 Å². The lowest BCUT2D eigenvalue weighted by Crippen LogP contribution is -2.60. The van der Waals surface area contributed by atoms with E-state index in [4.69, 9.17) is 0 Å². The van der Waals surface area contributed by atoms with E-state index in [1.807, 2.05) is 0 Å². The number of nitrogens with zero attached hydrogens (tertiary/aromatic N) is 1. The Kier molecular flexibility index (Phi) is 3.56. The second-order valence-corrected chi connectivity index (χ2v) is 6.59. The van der Waals surface area contributed by atoms with Crippen LogP contribution in [-0.2, 0) is 4.79 Å². The summed E-state index contributed by atoms with van der Waals surface area (Å²) in [5, 5.41) is 13.4. The molecule has 0 aromatic rings. The van der Waals surface area contributed by atoms with Gasteiger partial charge in [0.15, 0.2) is 0 Å². The average Bonchev–Trinajstić information content (AvgIpc) is 2.94. The summed E-state index contributed by atoms with van der Waals surface area (Å²) in [6, 6.07) is 0.578. The molecule has 108 valence electrons. The maximum atomic E-state index is 13.1. The average molecular weight is 266 g/mol. The van der Waals surface area contributed by atoms with Gasteiger partial charge in [0.05, 0.1) is 11.6 Å². The molecule has 3 unspecified atom stereocenters. The first-order valence-electron chi connectivity index (χ1n) is 7.92. The molecular weight excluding hydrogens is 240 g/mol. The third-order valence-electron chi connectivity index (χ3n) is 5.27. The molecule has 0 aromatic heterocycles. The Morgan fingerprint density at radius 3 is 2.58 bits per heavy atom. The summed E-state index contributed by atoms with van der Waals surface area (Å²) in [5.74, 6) is 0.325. The minimum Gasteiger partial charge on any atom is -0.393 e. The zero-order valence-corrected chi connectivity index (χ0v) is 11.9. The number of carbonyl (C=O) groups is 1. The lowest BCUT2D eigenvalue weighted by molar-refractivity contribution is -0.144. The highest BCUT2D eigenvalue weighted by atomic mass is 16.3. The predicted molar refractivity (Wildman–Crippen MR) is 73.8 cm³/mol. The first-order valence-corrected chi connectivity index (χ1v) is 7.92. The van der Waals surface area contributed by atoms with Crippen molar-refractivity contribution in [2.24, 2.45) is 0 Å². The highest BCUT2D eigenvalue weighted by molar-refractivity contribution is 5.87. The molecule has 3 heterocycles. The van der Waals surface area contributed by atoms with Crippen molar-refractivity contribution in [1.29, 1.82) is 0 Å². The third-order valence-corrected chi connectivity index (χ3v) is 5.27. The van der Waals surface area contributed by atoms with Crippen LogP contribution in [0.3, 0.4) is 0 Å². The summed E-state index contributed by atoms with van der Waals surface area (Å²) in [7, 11) is 0. The van der Waals surface area contributed by atoms with E-state index in [1.54, 1.807) is 0 Å². The normalized spacial score (nSPS) is 41.8. The summed E-state index contributed by atoms with van der Waals surface area (Å²) < 4.78 is 0. The van der Waals surface area contributed by atoms with Crippen LogP contribution in [0, 0.1) is 0 Å². The van der Waals surface area contributed by atoms with Crippen molar-refractivity contribution in [3.05, 3.63) is 0 Å². The van der Waals surface area contributed by atoms with E-state index in [0.29, 0.717) is 5.91 Å². The fraction of sp³-hybridized carbons (Fsp3) is 0.933. The van der Waals surface area contributed by atoms with Crippen molar-refractivity contribution < 1.29 is 9.90 Å². The Balaban J connectivity index is 1.79. The highest BCUT2D eigenvalue weighted by Gasteiger charge is 2.50. The Morgan fingerprint density at radius 1 is 1.37 bits per heavy atom. The van der Waals surface area contributed by atoms with Gasteiger partial charge in [0, 0.05) is 12.1 Å². The molecule has 0 radical (unpaired) electrons.